The number of aromatic nitrogens is 3. The van der Waals surface area contributed by atoms with Gasteiger partial charge in [-0.05, 0) is 62.1 Å². The van der Waals surface area contributed by atoms with Gasteiger partial charge in [-0.1, -0.05) is 29.8 Å². The Morgan fingerprint density at radius 1 is 1.12 bits per heavy atom. The lowest BCUT2D eigenvalue weighted by molar-refractivity contribution is 0.121. The molecule has 2 aromatic carbocycles. The predicted octanol–water partition coefficient (Wildman–Crippen LogP) is 4.17. The van der Waals surface area contributed by atoms with E-state index in [9.17, 15) is 0 Å². The summed E-state index contributed by atoms with van der Waals surface area (Å²) >= 11 is 11.8. The van der Waals surface area contributed by atoms with Gasteiger partial charge in [0, 0.05) is 24.7 Å². The first-order valence-corrected chi connectivity index (χ1v) is 11.5. The van der Waals surface area contributed by atoms with Crippen LogP contribution in [0.1, 0.15) is 5.56 Å². The Morgan fingerprint density at radius 2 is 1.84 bits per heavy atom. The molecule has 0 aliphatic carbocycles. The van der Waals surface area contributed by atoms with E-state index >= 15 is 0 Å². The van der Waals surface area contributed by atoms with Crippen LogP contribution in [0.3, 0.4) is 0 Å². The zero-order valence-corrected chi connectivity index (χ0v) is 20.0. The molecule has 0 saturated carbocycles. The zero-order valence-electron chi connectivity index (χ0n) is 18.4. The minimum absolute atomic E-state index is 0.556. The van der Waals surface area contributed by atoms with Crippen molar-refractivity contribution >= 4 is 29.8 Å². The number of nitrogens with zero attached hydrogens (tertiary/aromatic N) is 5. The first kappa shape index (κ1) is 22.8. The minimum Gasteiger partial charge on any atom is -0.492 e. The average molecular weight is 474 g/mol. The van der Waals surface area contributed by atoms with Crippen LogP contribution in [0.25, 0.3) is 5.69 Å². The molecule has 4 rings (SSSR count). The lowest BCUT2D eigenvalue weighted by Gasteiger charge is -2.27. The topological polar surface area (TPSA) is 47.7 Å². The van der Waals surface area contributed by atoms with Crippen LogP contribution in [0.15, 0.2) is 48.5 Å². The highest BCUT2D eigenvalue weighted by molar-refractivity contribution is 7.71. The Kier molecular flexibility index (Phi) is 7.47. The molecule has 0 atom stereocenters. The fraction of sp³-hybridized carbons (Fsp3) is 0.391. The van der Waals surface area contributed by atoms with Crippen LogP contribution >= 0.6 is 23.8 Å². The van der Waals surface area contributed by atoms with Crippen molar-refractivity contribution in [3.63, 3.8) is 0 Å². The summed E-state index contributed by atoms with van der Waals surface area (Å²) in [5.74, 6) is 1.66. The number of anilines is 1. The zero-order chi connectivity index (χ0) is 22.5. The number of rotatable bonds is 8. The molecule has 1 fully saturated rings. The summed E-state index contributed by atoms with van der Waals surface area (Å²) in [7, 11) is 2.04. The third kappa shape index (κ3) is 5.32. The third-order valence-electron chi connectivity index (χ3n) is 5.40. The van der Waals surface area contributed by atoms with E-state index in [-0.39, 0.29) is 0 Å². The number of aryl methyl sites for hydroxylation is 1. The van der Waals surface area contributed by atoms with Gasteiger partial charge in [-0.25, -0.2) is 4.68 Å². The normalized spacial score (nSPS) is 14.2. The summed E-state index contributed by atoms with van der Waals surface area (Å²) in [4.78, 5) is 4.38. The molecule has 2 heterocycles. The van der Waals surface area contributed by atoms with Crippen LogP contribution in [-0.4, -0.2) is 65.8 Å². The molecule has 170 valence electrons. The fourth-order valence-electron chi connectivity index (χ4n) is 3.63. The quantitative estimate of drug-likeness (QED) is 0.458. The summed E-state index contributed by atoms with van der Waals surface area (Å²) in [6.45, 7) is 6.92. The number of ether oxygens (including phenoxy) is 2. The molecule has 1 saturated heterocycles. The second kappa shape index (κ2) is 10.5. The smallest absolute Gasteiger partial charge is 0.230 e. The maximum absolute atomic E-state index is 5.93. The number of halogens is 1. The van der Waals surface area contributed by atoms with Crippen LogP contribution in [-0.2, 0) is 11.4 Å². The van der Waals surface area contributed by atoms with E-state index in [1.54, 1.807) is 0 Å². The molecule has 1 aliphatic heterocycles. The second-order valence-electron chi connectivity index (χ2n) is 7.83. The van der Waals surface area contributed by atoms with E-state index < -0.39 is 0 Å². The van der Waals surface area contributed by atoms with Crippen molar-refractivity contribution in [1.82, 2.24) is 19.2 Å². The number of hydrogen-bond donors (Lipinski definition) is 0. The van der Waals surface area contributed by atoms with Crippen molar-refractivity contribution in [2.75, 3.05) is 51.4 Å². The van der Waals surface area contributed by atoms with Crippen LogP contribution in [0, 0.1) is 11.7 Å². The van der Waals surface area contributed by atoms with Gasteiger partial charge >= 0.3 is 0 Å². The van der Waals surface area contributed by atoms with Gasteiger partial charge in [0.15, 0.2) is 0 Å². The van der Waals surface area contributed by atoms with E-state index in [1.807, 2.05) is 48.1 Å². The maximum atomic E-state index is 5.93. The Balaban J connectivity index is 1.51. The molecule has 0 amide bonds. The molecule has 3 aromatic rings. The lowest BCUT2D eigenvalue weighted by Crippen LogP contribution is -2.38. The Bertz CT molecular complexity index is 1090. The van der Waals surface area contributed by atoms with Crippen molar-refractivity contribution in [2.45, 2.75) is 13.6 Å². The minimum atomic E-state index is 0.556. The van der Waals surface area contributed by atoms with Crippen molar-refractivity contribution < 1.29 is 9.47 Å². The Labute approximate surface area is 198 Å². The highest BCUT2D eigenvalue weighted by Gasteiger charge is 2.22. The molecule has 7 nitrogen and oxygen atoms in total. The molecular weight excluding hydrogens is 446 g/mol. The average Bonchev–Trinajstić information content (AvgIpc) is 3.12. The van der Waals surface area contributed by atoms with Crippen LogP contribution < -0.4 is 9.64 Å². The number of likely N-dealkylation sites (N-methyl/N-ethyl adjacent to an activating group) is 1. The van der Waals surface area contributed by atoms with E-state index in [0.717, 1.165) is 42.6 Å². The number of morpholine rings is 1. The second-order valence-corrected chi connectivity index (χ2v) is 8.63. The van der Waals surface area contributed by atoms with Gasteiger partial charge in [0.05, 0.1) is 25.6 Å². The molecule has 0 bridgehead atoms. The first-order valence-electron chi connectivity index (χ1n) is 10.7. The van der Waals surface area contributed by atoms with Crippen LogP contribution in [0.5, 0.6) is 5.75 Å². The van der Waals surface area contributed by atoms with Crippen molar-refractivity contribution in [2.24, 2.45) is 0 Å². The largest absolute Gasteiger partial charge is 0.492 e. The maximum Gasteiger partial charge on any atom is 0.230 e. The van der Waals surface area contributed by atoms with E-state index in [4.69, 9.17) is 38.4 Å². The van der Waals surface area contributed by atoms with E-state index in [2.05, 4.69) is 33.4 Å². The number of benzene rings is 2. The van der Waals surface area contributed by atoms with E-state index in [0.29, 0.717) is 36.3 Å². The molecule has 9 heteroatoms. The predicted molar refractivity (Wildman–Crippen MR) is 130 cm³/mol. The molecule has 1 aliphatic rings. The van der Waals surface area contributed by atoms with Crippen LogP contribution in [0.2, 0.25) is 5.02 Å². The fourth-order valence-corrected chi connectivity index (χ4v) is 4.04. The van der Waals surface area contributed by atoms with Crippen LogP contribution in [0.4, 0.5) is 5.95 Å². The monoisotopic (exact) mass is 473 g/mol. The number of para-hydroxylation sites is 1. The highest BCUT2D eigenvalue weighted by Crippen LogP contribution is 2.23. The van der Waals surface area contributed by atoms with Crippen molar-refractivity contribution in [3.8, 4) is 11.4 Å². The summed E-state index contributed by atoms with van der Waals surface area (Å²) in [6.07, 6.45) is 0. The first-order chi connectivity index (χ1) is 15.5. The van der Waals surface area contributed by atoms with Gasteiger partial charge < -0.3 is 14.4 Å². The van der Waals surface area contributed by atoms with Crippen molar-refractivity contribution in [1.29, 1.82) is 0 Å². The molecular formula is C23H28ClN5O2S. The van der Waals surface area contributed by atoms with Gasteiger partial charge in [-0.2, -0.15) is 0 Å². The van der Waals surface area contributed by atoms with Gasteiger partial charge in [0.1, 0.15) is 12.4 Å². The highest BCUT2D eigenvalue weighted by atomic mass is 35.5. The molecule has 0 radical (unpaired) electrons. The van der Waals surface area contributed by atoms with Crippen molar-refractivity contribution in [3.05, 3.63) is 63.9 Å². The van der Waals surface area contributed by atoms with Gasteiger partial charge in [-0.15, -0.1) is 5.10 Å². The summed E-state index contributed by atoms with van der Waals surface area (Å²) in [5, 5.41) is 5.61. The molecule has 32 heavy (non-hydrogen) atoms. The summed E-state index contributed by atoms with van der Waals surface area (Å²) < 4.78 is 16.0. The third-order valence-corrected chi connectivity index (χ3v) is 6.05. The molecule has 0 unspecified atom stereocenters. The van der Waals surface area contributed by atoms with Gasteiger partial charge in [-0.3, -0.25) is 9.47 Å². The number of hydrogen-bond acceptors (Lipinski definition) is 6. The SMILES string of the molecule is Cc1ccccc1-n1c(N2CCOCC2)nn(CN(C)CCOc2ccc(Cl)cc2)c1=S. The molecule has 1 aromatic heterocycles. The Morgan fingerprint density at radius 3 is 2.56 bits per heavy atom. The molecule has 0 spiro atoms. The molecule has 0 N–H and O–H groups in total. The van der Waals surface area contributed by atoms with E-state index in [1.165, 1.54) is 0 Å². The summed E-state index contributed by atoms with van der Waals surface area (Å²) in [5.41, 5.74) is 2.21. The standard InChI is InChI=1S/C23H28ClN5O2S/c1-18-5-3-4-6-21(18)29-22(27-12-14-30-15-13-27)25-28(23(29)32)17-26(2)11-16-31-20-9-7-19(24)8-10-20/h3-10H,11-17H2,1-2H3. The lowest BCUT2D eigenvalue weighted by atomic mass is 10.2. The van der Waals surface area contributed by atoms with Gasteiger partial charge in [0.25, 0.3) is 0 Å². The summed E-state index contributed by atoms with van der Waals surface area (Å²) in [6, 6.07) is 15.6. The Hall–Kier alpha value is -2.39. The van der Waals surface area contributed by atoms with Gasteiger partial charge in [0.2, 0.25) is 10.7 Å².